The summed E-state index contributed by atoms with van der Waals surface area (Å²) >= 11 is 6.11. The van der Waals surface area contributed by atoms with E-state index in [-0.39, 0.29) is 18.2 Å². The lowest BCUT2D eigenvalue weighted by Gasteiger charge is -2.32. The number of carbonyl (C=O) groups excluding carboxylic acids is 1. The Morgan fingerprint density at radius 2 is 1.80 bits per heavy atom. The van der Waals surface area contributed by atoms with Gasteiger partial charge in [-0.3, -0.25) is 9.10 Å². The van der Waals surface area contributed by atoms with Crippen LogP contribution >= 0.6 is 11.6 Å². The molecule has 0 saturated carbocycles. The van der Waals surface area contributed by atoms with Crippen LogP contribution in [0.2, 0.25) is 5.02 Å². The van der Waals surface area contributed by atoms with Crippen molar-refractivity contribution in [1.82, 2.24) is 5.32 Å². The summed E-state index contributed by atoms with van der Waals surface area (Å²) in [6, 6.07) is 11.4. The van der Waals surface area contributed by atoms with Gasteiger partial charge in [0.2, 0.25) is 15.9 Å². The van der Waals surface area contributed by atoms with Crippen molar-refractivity contribution in [2.45, 2.75) is 45.7 Å². The summed E-state index contributed by atoms with van der Waals surface area (Å²) < 4.78 is 31.8. The number of methoxy groups -OCH3 is 1. The van der Waals surface area contributed by atoms with Gasteiger partial charge in [-0.25, -0.2) is 8.42 Å². The third-order valence-corrected chi connectivity index (χ3v) is 6.36. The van der Waals surface area contributed by atoms with E-state index < -0.39 is 22.0 Å². The number of amides is 1. The number of anilines is 1. The highest BCUT2D eigenvalue weighted by molar-refractivity contribution is 7.92. The van der Waals surface area contributed by atoms with Crippen LogP contribution in [0.4, 0.5) is 5.69 Å². The van der Waals surface area contributed by atoms with Gasteiger partial charge in [-0.1, -0.05) is 49.7 Å². The van der Waals surface area contributed by atoms with E-state index in [0.717, 1.165) is 22.5 Å². The van der Waals surface area contributed by atoms with Crippen molar-refractivity contribution in [1.29, 1.82) is 0 Å². The number of benzene rings is 2. The first-order valence-electron chi connectivity index (χ1n) is 9.84. The molecule has 2 rings (SSSR count). The maximum Gasteiger partial charge on any atom is 0.244 e. The lowest BCUT2D eigenvalue weighted by molar-refractivity contribution is -0.122. The fourth-order valence-corrected chi connectivity index (χ4v) is 4.68. The van der Waals surface area contributed by atoms with Crippen molar-refractivity contribution < 1.29 is 17.9 Å². The van der Waals surface area contributed by atoms with E-state index in [9.17, 15) is 13.2 Å². The molecule has 0 unspecified atom stereocenters. The van der Waals surface area contributed by atoms with Crippen molar-refractivity contribution >= 4 is 33.2 Å². The van der Waals surface area contributed by atoms with Crippen LogP contribution in [0, 0.1) is 0 Å². The Morgan fingerprint density at radius 3 is 2.30 bits per heavy atom. The molecule has 0 spiro atoms. The Morgan fingerprint density at radius 1 is 1.17 bits per heavy atom. The van der Waals surface area contributed by atoms with Crippen LogP contribution in [-0.2, 0) is 21.2 Å². The normalized spacial score (nSPS) is 13.4. The van der Waals surface area contributed by atoms with Gasteiger partial charge in [-0.2, -0.15) is 0 Å². The Balaban J connectivity index is 2.37. The van der Waals surface area contributed by atoms with Crippen molar-refractivity contribution in [3.8, 4) is 5.75 Å². The van der Waals surface area contributed by atoms with Gasteiger partial charge in [0.25, 0.3) is 0 Å². The fraction of sp³-hybridized carbons (Fsp3) is 0.409. The molecule has 1 amide bonds. The summed E-state index contributed by atoms with van der Waals surface area (Å²) in [5.41, 5.74) is 2.39. The highest BCUT2D eigenvalue weighted by Gasteiger charge is 2.34. The molecule has 0 aliphatic rings. The predicted molar refractivity (Wildman–Crippen MR) is 122 cm³/mol. The Hall–Kier alpha value is -2.25. The van der Waals surface area contributed by atoms with Crippen LogP contribution < -0.4 is 14.4 Å². The van der Waals surface area contributed by atoms with E-state index in [4.69, 9.17) is 16.3 Å². The number of rotatable bonds is 9. The van der Waals surface area contributed by atoms with Crippen LogP contribution in [0.1, 0.15) is 44.4 Å². The number of hydrogen-bond donors (Lipinski definition) is 1. The van der Waals surface area contributed by atoms with Gasteiger partial charge >= 0.3 is 0 Å². The van der Waals surface area contributed by atoms with E-state index >= 15 is 0 Å². The lowest BCUT2D eigenvalue weighted by atomic mass is 10.0. The molecule has 0 fully saturated rings. The molecule has 1 N–H and O–H groups in total. The average Bonchev–Trinajstić information content (AvgIpc) is 2.70. The van der Waals surface area contributed by atoms with Crippen LogP contribution in [0.3, 0.4) is 0 Å². The Bertz CT molecular complexity index is 977. The van der Waals surface area contributed by atoms with Crippen LogP contribution in [0.25, 0.3) is 0 Å². The minimum atomic E-state index is -3.80. The number of sulfonamides is 1. The summed E-state index contributed by atoms with van der Waals surface area (Å²) in [4.78, 5) is 13.1. The Kier molecular flexibility index (Phi) is 8.15. The summed E-state index contributed by atoms with van der Waals surface area (Å²) in [6.07, 6.45) is 2.27. The minimum absolute atomic E-state index is 0.231. The molecule has 0 aromatic heterocycles. The highest BCUT2D eigenvalue weighted by Crippen LogP contribution is 2.35. The molecule has 164 valence electrons. The zero-order valence-corrected chi connectivity index (χ0v) is 19.5. The molecule has 0 aliphatic heterocycles. The first kappa shape index (κ1) is 24.0. The SMILES string of the molecule is CCc1ccc([C@@H](C)NC(=O)[C@@H](CC)N(c2cc(Cl)ccc2OC)S(C)(=O)=O)cc1. The topological polar surface area (TPSA) is 75.7 Å². The van der Waals surface area contributed by atoms with Gasteiger partial charge in [-0.05, 0) is 49.1 Å². The molecular weight excluding hydrogens is 424 g/mol. The number of nitrogens with zero attached hydrogens (tertiary/aromatic N) is 1. The van der Waals surface area contributed by atoms with Gasteiger partial charge in [0, 0.05) is 5.02 Å². The molecule has 2 aromatic carbocycles. The van der Waals surface area contributed by atoms with Crippen molar-refractivity contribution in [2.75, 3.05) is 17.7 Å². The molecule has 2 atom stereocenters. The second-order valence-corrected chi connectivity index (χ2v) is 9.42. The monoisotopic (exact) mass is 452 g/mol. The summed E-state index contributed by atoms with van der Waals surface area (Å²) in [6.45, 7) is 5.71. The van der Waals surface area contributed by atoms with Gasteiger partial charge in [-0.15, -0.1) is 0 Å². The zero-order valence-electron chi connectivity index (χ0n) is 18.0. The average molecular weight is 453 g/mol. The predicted octanol–water partition coefficient (Wildman–Crippen LogP) is 4.33. The maximum atomic E-state index is 13.1. The highest BCUT2D eigenvalue weighted by atomic mass is 35.5. The number of nitrogens with one attached hydrogen (secondary N) is 1. The number of carbonyl (C=O) groups is 1. The number of hydrogen-bond acceptors (Lipinski definition) is 4. The number of ether oxygens (including phenoxy) is 1. The van der Waals surface area contributed by atoms with Gasteiger partial charge in [0.1, 0.15) is 11.8 Å². The van der Waals surface area contributed by atoms with E-state index in [2.05, 4.69) is 12.2 Å². The standard InChI is InChI=1S/C22H29ClN2O4S/c1-6-16-8-10-17(11-9-16)15(3)24-22(26)19(7-2)25(30(5,27)28)20-14-18(23)12-13-21(20)29-4/h8-15,19H,6-7H2,1-5H3,(H,24,26)/t15-,19-/m1/s1. The van der Waals surface area contributed by atoms with E-state index in [0.29, 0.717) is 10.8 Å². The summed E-state index contributed by atoms with van der Waals surface area (Å²) in [5.74, 6) is -0.0729. The largest absolute Gasteiger partial charge is 0.495 e. The maximum absolute atomic E-state index is 13.1. The van der Waals surface area contributed by atoms with E-state index in [1.165, 1.54) is 18.7 Å². The lowest BCUT2D eigenvalue weighted by Crippen LogP contribution is -2.49. The number of halogens is 1. The number of aryl methyl sites for hydroxylation is 1. The van der Waals surface area contributed by atoms with Crippen molar-refractivity contribution in [3.05, 3.63) is 58.6 Å². The van der Waals surface area contributed by atoms with Crippen LogP contribution in [-0.4, -0.2) is 33.7 Å². The first-order chi connectivity index (χ1) is 14.1. The molecule has 0 radical (unpaired) electrons. The van der Waals surface area contributed by atoms with Gasteiger partial charge in [0.15, 0.2) is 0 Å². The second kappa shape index (κ2) is 10.2. The summed E-state index contributed by atoms with van der Waals surface area (Å²) in [7, 11) is -2.36. The quantitative estimate of drug-likeness (QED) is 0.614. The molecule has 8 heteroatoms. The minimum Gasteiger partial charge on any atom is -0.495 e. The molecule has 0 saturated heterocycles. The van der Waals surface area contributed by atoms with E-state index in [1.807, 2.05) is 31.2 Å². The molecule has 30 heavy (non-hydrogen) atoms. The Labute approximate surface area is 184 Å². The fourth-order valence-electron chi connectivity index (χ4n) is 3.31. The molecular formula is C22H29ClN2O4S. The van der Waals surface area contributed by atoms with Crippen molar-refractivity contribution in [2.24, 2.45) is 0 Å². The summed E-state index contributed by atoms with van der Waals surface area (Å²) in [5, 5.41) is 3.29. The van der Waals surface area contributed by atoms with Crippen molar-refractivity contribution in [3.63, 3.8) is 0 Å². The smallest absolute Gasteiger partial charge is 0.244 e. The molecule has 0 aliphatic carbocycles. The third kappa shape index (κ3) is 5.67. The molecule has 0 bridgehead atoms. The third-order valence-electron chi connectivity index (χ3n) is 4.95. The molecule has 0 heterocycles. The van der Waals surface area contributed by atoms with Crippen LogP contribution in [0.5, 0.6) is 5.75 Å². The molecule has 2 aromatic rings. The second-order valence-electron chi connectivity index (χ2n) is 7.12. The zero-order chi connectivity index (χ0) is 22.5. The van der Waals surface area contributed by atoms with Gasteiger partial charge in [0.05, 0.1) is 25.1 Å². The van der Waals surface area contributed by atoms with E-state index in [1.54, 1.807) is 19.1 Å². The van der Waals surface area contributed by atoms with Gasteiger partial charge < -0.3 is 10.1 Å². The molecule has 6 nitrogen and oxygen atoms in total. The first-order valence-corrected chi connectivity index (χ1v) is 12.1. The van der Waals surface area contributed by atoms with Crippen LogP contribution in [0.15, 0.2) is 42.5 Å².